The van der Waals surface area contributed by atoms with Gasteiger partial charge in [0.05, 0.1) is 19.8 Å². The molecule has 1 aromatic carbocycles. The fraction of sp³-hybridized carbons (Fsp3) is 0.500. The molecule has 0 radical (unpaired) electrons. The summed E-state index contributed by atoms with van der Waals surface area (Å²) in [5, 5.41) is 0. The van der Waals surface area contributed by atoms with E-state index in [-0.39, 0.29) is 11.7 Å². The summed E-state index contributed by atoms with van der Waals surface area (Å²) in [7, 11) is 2.64. The number of rotatable bonds is 3. The fourth-order valence-corrected chi connectivity index (χ4v) is 2.67. The third kappa shape index (κ3) is 4.41. The minimum Gasteiger partial charge on any atom is -0.465 e. The lowest BCUT2D eigenvalue weighted by molar-refractivity contribution is 0.0597. The Morgan fingerprint density at radius 2 is 1.91 bits per heavy atom. The van der Waals surface area contributed by atoms with Gasteiger partial charge in [-0.25, -0.2) is 14.0 Å². The van der Waals surface area contributed by atoms with Crippen LogP contribution in [0.5, 0.6) is 0 Å². The molecule has 0 aromatic heterocycles. The summed E-state index contributed by atoms with van der Waals surface area (Å²) in [4.78, 5) is 27.2. The number of methoxy groups -OCH3 is 2. The second-order valence-electron chi connectivity index (χ2n) is 5.38. The van der Waals surface area contributed by atoms with Gasteiger partial charge in [0.1, 0.15) is 5.82 Å². The van der Waals surface area contributed by atoms with Gasteiger partial charge in [0.2, 0.25) is 0 Å². The number of carbonyl (C=O) groups excluding carboxylic acids is 2. The SMILES string of the molecule is COC(=O)c1cc(F)ccc1CN1CCCN(C(=O)OC)CC1. The number of esters is 1. The van der Waals surface area contributed by atoms with Crippen molar-refractivity contribution in [2.75, 3.05) is 40.4 Å². The molecular formula is C16H21FN2O4. The highest BCUT2D eigenvalue weighted by Crippen LogP contribution is 2.16. The maximum atomic E-state index is 13.4. The Bertz CT molecular complexity index is 579. The molecule has 23 heavy (non-hydrogen) atoms. The first-order chi connectivity index (χ1) is 11.0. The Kier molecular flexibility index (Phi) is 5.92. The Balaban J connectivity index is 2.07. The molecule has 1 aliphatic rings. The van der Waals surface area contributed by atoms with Crippen molar-refractivity contribution in [3.8, 4) is 0 Å². The van der Waals surface area contributed by atoms with Crippen molar-refractivity contribution < 1.29 is 23.5 Å². The van der Waals surface area contributed by atoms with E-state index in [0.717, 1.165) is 13.0 Å². The first-order valence-corrected chi connectivity index (χ1v) is 7.47. The van der Waals surface area contributed by atoms with Gasteiger partial charge < -0.3 is 14.4 Å². The Morgan fingerprint density at radius 1 is 1.13 bits per heavy atom. The Labute approximate surface area is 134 Å². The third-order valence-electron chi connectivity index (χ3n) is 3.89. The predicted octanol–water partition coefficient (Wildman–Crippen LogP) is 1.89. The molecular weight excluding hydrogens is 303 g/mol. The molecule has 0 spiro atoms. The standard InChI is InChI=1S/C16H21FN2O4/c1-22-15(20)14-10-13(17)5-4-12(14)11-18-6-3-7-19(9-8-18)16(21)23-2/h4-5,10H,3,6-9,11H2,1-2H3. The van der Waals surface area contributed by atoms with Crippen LogP contribution < -0.4 is 0 Å². The van der Waals surface area contributed by atoms with Crippen molar-refractivity contribution in [1.29, 1.82) is 0 Å². The average Bonchev–Trinajstić information content (AvgIpc) is 2.80. The van der Waals surface area contributed by atoms with Crippen LogP contribution in [0.25, 0.3) is 0 Å². The molecule has 7 heteroatoms. The molecule has 0 saturated carbocycles. The molecule has 1 saturated heterocycles. The number of hydrogen-bond acceptors (Lipinski definition) is 5. The topological polar surface area (TPSA) is 59.1 Å². The lowest BCUT2D eigenvalue weighted by Gasteiger charge is -2.22. The lowest BCUT2D eigenvalue weighted by atomic mass is 10.1. The summed E-state index contributed by atoms with van der Waals surface area (Å²) in [6, 6.07) is 4.13. The van der Waals surface area contributed by atoms with Gasteiger partial charge in [0, 0.05) is 32.7 Å². The van der Waals surface area contributed by atoms with Gasteiger partial charge in [-0.05, 0) is 24.1 Å². The normalized spacial score (nSPS) is 15.9. The van der Waals surface area contributed by atoms with Gasteiger partial charge in [0.15, 0.2) is 0 Å². The van der Waals surface area contributed by atoms with Crippen molar-refractivity contribution in [1.82, 2.24) is 9.80 Å². The van der Waals surface area contributed by atoms with Crippen molar-refractivity contribution in [2.24, 2.45) is 0 Å². The average molecular weight is 324 g/mol. The number of halogens is 1. The van der Waals surface area contributed by atoms with E-state index in [1.165, 1.54) is 26.4 Å². The summed E-state index contributed by atoms with van der Waals surface area (Å²) in [5.74, 6) is -1.02. The monoisotopic (exact) mass is 324 g/mol. The van der Waals surface area contributed by atoms with E-state index in [1.54, 1.807) is 11.0 Å². The van der Waals surface area contributed by atoms with E-state index in [2.05, 4.69) is 4.90 Å². The molecule has 1 fully saturated rings. The molecule has 0 unspecified atom stereocenters. The van der Waals surface area contributed by atoms with Crippen LogP contribution in [0.2, 0.25) is 0 Å². The van der Waals surface area contributed by atoms with Crippen molar-refractivity contribution in [3.63, 3.8) is 0 Å². The molecule has 6 nitrogen and oxygen atoms in total. The van der Waals surface area contributed by atoms with E-state index < -0.39 is 11.8 Å². The van der Waals surface area contributed by atoms with Gasteiger partial charge >= 0.3 is 12.1 Å². The maximum absolute atomic E-state index is 13.4. The minimum absolute atomic E-state index is 0.238. The Morgan fingerprint density at radius 3 is 2.61 bits per heavy atom. The van der Waals surface area contributed by atoms with Gasteiger partial charge in [-0.2, -0.15) is 0 Å². The molecule has 1 amide bonds. The van der Waals surface area contributed by atoms with Gasteiger partial charge in [0.25, 0.3) is 0 Å². The summed E-state index contributed by atoms with van der Waals surface area (Å²) in [6.45, 7) is 3.14. The van der Waals surface area contributed by atoms with Crippen LogP contribution in [0.15, 0.2) is 18.2 Å². The maximum Gasteiger partial charge on any atom is 0.409 e. The van der Waals surface area contributed by atoms with Crippen LogP contribution in [-0.4, -0.2) is 62.3 Å². The third-order valence-corrected chi connectivity index (χ3v) is 3.89. The van der Waals surface area contributed by atoms with E-state index in [0.29, 0.717) is 31.7 Å². The molecule has 1 heterocycles. The molecule has 0 N–H and O–H groups in total. The predicted molar refractivity (Wildman–Crippen MR) is 81.6 cm³/mol. The van der Waals surface area contributed by atoms with E-state index in [4.69, 9.17) is 9.47 Å². The second kappa shape index (κ2) is 7.92. The van der Waals surface area contributed by atoms with Gasteiger partial charge in [-0.15, -0.1) is 0 Å². The molecule has 1 aromatic rings. The van der Waals surface area contributed by atoms with E-state index >= 15 is 0 Å². The lowest BCUT2D eigenvalue weighted by Crippen LogP contribution is -2.35. The zero-order chi connectivity index (χ0) is 16.8. The van der Waals surface area contributed by atoms with Crippen molar-refractivity contribution in [2.45, 2.75) is 13.0 Å². The Hall–Kier alpha value is -2.15. The van der Waals surface area contributed by atoms with Crippen molar-refractivity contribution >= 4 is 12.1 Å². The second-order valence-corrected chi connectivity index (χ2v) is 5.38. The summed E-state index contributed by atoms with van der Waals surface area (Å²) in [5.41, 5.74) is 0.950. The number of amides is 1. The zero-order valence-electron chi connectivity index (χ0n) is 13.4. The quantitative estimate of drug-likeness (QED) is 0.795. The molecule has 0 aliphatic carbocycles. The number of ether oxygens (including phenoxy) is 2. The molecule has 2 rings (SSSR count). The molecule has 0 bridgehead atoms. The largest absolute Gasteiger partial charge is 0.465 e. The number of carbonyl (C=O) groups is 2. The van der Waals surface area contributed by atoms with Gasteiger partial charge in [-0.1, -0.05) is 6.07 Å². The first kappa shape index (κ1) is 17.2. The highest BCUT2D eigenvalue weighted by Gasteiger charge is 2.21. The number of benzene rings is 1. The van der Waals surface area contributed by atoms with Gasteiger partial charge in [-0.3, -0.25) is 4.90 Å². The van der Waals surface area contributed by atoms with E-state index in [1.807, 2.05) is 0 Å². The van der Waals surface area contributed by atoms with Crippen LogP contribution in [0.4, 0.5) is 9.18 Å². The van der Waals surface area contributed by atoms with E-state index in [9.17, 15) is 14.0 Å². The molecule has 126 valence electrons. The highest BCUT2D eigenvalue weighted by molar-refractivity contribution is 5.91. The summed E-state index contributed by atoms with van der Waals surface area (Å²) in [6.07, 6.45) is 0.480. The highest BCUT2D eigenvalue weighted by atomic mass is 19.1. The minimum atomic E-state index is -0.550. The summed E-state index contributed by atoms with van der Waals surface area (Å²) >= 11 is 0. The van der Waals surface area contributed by atoms with Crippen molar-refractivity contribution in [3.05, 3.63) is 35.1 Å². The number of nitrogens with zero attached hydrogens (tertiary/aromatic N) is 2. The van der Waals surface area contributed by atoms with Crippen LogP contribution in [-0.2, 0) is 16.0 Å². The zero-order valence-corrected chi connectivity index (χ0v) is 13.4. The smallest absolute Gasteiger partial charge is 0.409 e. The fourth-order valence-electron chi connectivity index (χ4n) is 2.67. The van der Waals surface area contributed by atoms with Crippen LogP contribution in [0, 0.1) is 5.82 Å². The number of hydrogen-bond donors (Lipinski definition) is 0. The van der Waals surface area contributed by atoms with Crippen LogP contribution in [0.3, 0.4) is 0 Å². The van der Waals surface area contributed by atoms with Crippen LogP contribution in [0.1, 0.15) is 22.3 Å². The first-order valence-electron chi connectivity index (χ1n) is 7.47. The molecule has 1 aliphatic heterocycles. The molecule has 0 atom stereocenters. The summed E-state index contributed by atoms with van der Waals surface area (Å²) < 4.78 is 22.8. The van der Waals surface area contributed by atoms with Crippen LogP contribution >= 0.6 is 0 Å².